The zero-order valence-corrected chi connectivity index (χ0v) is 7.06. The van der Waals surface area contributed by atoms with Crippen molar-refractivity contribution in [2.45, 2.75) is 32.2 Å². The van der Waals surface area contributed by atoms with Crippen LogP contribution in [0.3, 0.4) is 0 Å². The van der Waals surface area contributed by atoms with Crippen molar-refractivity contribution in [3.63, 3.8) is 0 Å². The highest BCUT2D eigenvalue weighted by molar-refractivity contribution is 5.85. The van der Waals surface area contributed by atoms with Crippen molar-refractivity contribution in [2.75, 3.05) is 6.54 Å². The van der Waals surface area contributed by atoms with Gasteiger partial charge in [0.25, 0.3) is 0 Å². The molecule has 0 heterocycles. The smallest absolute Gasteiger partial charge is 0.209 e. The van der Waals surface area contributed by atoms with E-state index >= 15 is 0 Å². The Morgan fingerprint density at radius 1 is 1.60 bits per heavy atom. The molecule has 0 bridgehead atoms. The lowest BCUT2D eigenvalue weighted by Gasteiger charge is -2.13. The zero-order chi connectivity index (χ0) is 6.69. The van der Waals surface area contributed by atoms with Gasteiger partial charge in [0.15, 0.2) is 0 Å². The number of carbonyl (C=O) groups is 1. The van der Waals surface area contributed by atoms with Gasteiger partial charge in [0, 0.05) is 12.6 Å². The van der Waals surface area contributed by atoms with Crippen LogP contribution in [-0.2, 0) is 4.79 Å². The van der Waals surface area contributed by atoms with Crippen molar-refractivity contribution < 1.29 is 4.79 Å². The Labute approximate surface area is 68.0 Å². The monoisotopic (exact) mass is 163 g/mol. The Hall–Kier alpha value is -0.240. The predicted molar refractivity (Wildman–Crippen MR) is 43.3 cm³/mol. The molecule has 0 aromatic carbocycles. The largest absolute Gasteiger partial charge is 0.342 e. The maximum Gasteiger partial charge on any atom is 0.209 e. The van der Waals surface area contributed by atoms with Crippen LogP contribution in [0.5, 0.6) is 0 Å². The number of nitrogens with zero attached hydrogens (tertiary/aromatic N) is 1. The summed E-state index contributed by atoms with van der Waals surface area (Å²) in [5, 5.41) is 0. The molecule has 0 saturated heterocycles. The van der Waals surface area contributed by atoms with E-state index in [1.807, 2.05) is 4.90 Å². The number of hydrogen-bond acceptors (Lipinski definition) is 1. The van der Waals surface area contributed by atoms with Crippen LogP contribution in [0.25, 0.3) is 0 Å². The van der Waals surface area contributed by atoms with Crippen molar-refractivity contribution in [1.82, 2.24) is 4.90 Å². The number of carbonyl (C=O) groups excluding carboxylic acids is 1. The zero-order valence-electron chi connectivity index (χ0n) is 6.25. The second-order valence-electron chi connectivity index (χ2n) is 2.57. The summed E-state index contributed by atoms with van der Waals surface area (Å²) in [7, 11) is 0. The highest BCUT2D eigenvalue weighted by Gasteiger charge is 2.26. The lowest BCUT2D eigenvalue weighted by molar-refractivity contribution is -0.118. The Balaban J connectivity index is 0.000000810. The van der Waals surface area contributed by atoms with E-state index in [1.165, 1.54) is 12.8 Å². The van der Waals surface area contributed by atoms with Gasteiger partial charge >= 0.3 is 0 Å². The van der Waals surface area contributed by atoms with Crippen LogP contribution >= 0.6 is 12.4 Å². The van der Waals surface area contributed by atoms with E-state index in [-0.39, 0.29) is 12.4 Å². The molecule has 60 valence electrons. The minimum absolute atomic E-state index is 0. The second kappa shape index (κ2) is 4.56. The summed E-state index contributed by atoms with van der Waals surface area (Å²) in [4.78, 5) is 12.2. The fraction of sp³-hybridized carbons (Fsp3) is 0.857. The average molecular weight is 164 g/mol. The van der Waals surface area contributed by atoms with Gasteiger partial charge in [-0.2, -0.15) is 0 Å². The molecule has 0 aromatic rings. The summed E-state index contributed by atoms with van der Waals surface area (Å²) in [6, 6.07) is 0.599. The van der Waals surface area contributed by atoms with Crippen molar-refractivity contribution in [3.05, 3.63) is 0 Å². The minimum atomic E-state index is 0. The van der Waals surface area contributed by atoms with E-state index in [4.69, 9.17) is 0 Å². The van der Waals surface area contributed by atoms with Gasteiger partial charge in [-0.25, -0.2) is 0 Å². The van der Waals surface area contributed by atoms with Crippen molar-refractivity contribution >= 4 is 18.8 Å². The molecule has 1 aliphatic carbocycles. The van der Waals surface area contributed by atoms with E-state index in [2.05, 4.69) is 6.92 Å². The third-order valence-corrected chi connectivity index (χ3v) is 1.63. The average Bonchev–Trinajstić information content (AvgIpc) is 2.64. The molecule has 1 aliphatic rings. The fourth-order valence-corrected chi connectivity index (χ4v) is 0.986. The van der Waals surface area contributed by atoms with Crippen LogP contribution < -0.4 is 0 Å². The summed E-state index contributed by atoms with van der Waals surface area (Å²) >= 11 is 0. The van der Waals surface area contributed by atoms with Gasteiger partial charge in [-0.3, -0.25) is 4.79 Å². The minimum Gasteiger partial charge on any atom is -0.342 e. The summed E-state index contributed by atoms with van der Waals surface area (Å²) in [5.74, 6) is 0. The van der Waals surface area contributed by atoms with E-state index in [9.17, 15) is 4.79 Å². The van der Waals surface area contributed by atoms with E-state index in [0.29, 0.717) is 6.04 Å². The number of rotatable bonds is 4. The van der Waals surface area contributed by atoms with Gasteiger partial charge in [0.1, 0.15) is 0 Å². The lowest BCUT2D eigenvalue weighted by atomic mass is 10.4. The highest BCUT2D eigenvalue weighted by Crippen LogP contribution is 2.25. The highest BCUT2D eigenvalue weighted by atomic mass is 35.5. The summed E-state index contributed by atoms with van der Waals surface area (Å²) in [6.07, 6.45) is 4.49. The Morgan fingerprint density at radius 2 is 2.20 bits per heavy atom. The van der Waals surface area contributed by atoms with Gasteiger partial charge in [0.05, 0.1) is 0 Å². The maximum atomic E-state index is 10.3. The molecule has 0 radical (unpaired) electrons. The van der Waals surface area contributed by atoms with Crippen LogP contribution in [0.2, 0.25) is 0 Å². The van der Waals surface area contributed by atoms with E-state index in [0.717, 1.165) is 19.4 Å². The van der Waals surface area contributed by atoms with Crippen LogP contribution in [0, 0.1) is 0 Å². The second-order valence-corrected chi connectivity index (χ2v) is 2.57. The van der Waals surface area contributed by atoms with Crippen molar-refractivity contribution in [2.24, 2.45) is 0 Å². The Kier molecular flexibility index (Phi) is 4.45. The molecule has 2 nitrogen and oxygen atoms in total. The van der Waals surface area contributed by atoms with Crippen LogP contribution in [0.1, 0.15) is 26.2 Å². The molecule has 1 rings (SSSR count). The van der Waals surface area contributed by atoms with Crippen molar-refractivity contribution in [1.29, 1.82) is 0 Å². The molecule has 0 aliphatic heterocycles. The molecule has 0 atom stereocenters. The SMILES string of the molecule is CCCN(C=O)C1CC1.Cl. The van der Waals surface area contributed by atoms with Gasteiger partial charge in [0.2, 0.25) is 6.41 Å². The molecule has 0 aromatic heterocycles. The predicted octanol–water partition coefficient (Wildman–Crippen LogP) is 1.44. The van der Waals surface area contributed by atoms with Crippen LogP contribution in [-0.4, -0.2) is 23.9 Å². The van der Waals surface area contributed by atoms with Gasteiger partial charge in [-0.05, 0) is 19.3 Å². The first-order chi connectivity index (χ1) is 4.38. The number of halogens is 1. The summed E-state index contributed by atoms with van der Waals surface area (Å²) in [6.45, 7) is 3.03. The first-order valence-electron chi connectivity index (χ1n) is 3.59. The molecule has 1 saturated carbocycles. The number of hydrogen-bond donors (Lipinski definition) is 0. The Bertz CT molecular complexity index is 104. The lowest BCUT2D eigenvalue weighted by Crippen LogP contribution is -2.24. The molecule has 0 spiro atoms. The van der Waals surface area contributed by atoms with Gasteiger partial charge in [-0.15, -0.1) is 12.4 Å². The molecule has 0 N–H and O–H groups in total. The molecular formula is C7H14ClNO. The first-order valence-corrected chi connectivity index (χ1v) is 3.59. The standard InChI is InChI=1S/C7H13NO.ClH/c1-2-5-8(6-9)7-3-4-7;/h6-7H,2-5H2,1H3;1H. The quantitative estimate of drug-likeness (QED) is 0.575. The molecule has 3 heteroatoms. The molecule has 10 heavy (non-hydrogen) atoms. The van der Waals surface area contributed by atoms with Gasteiger partial charge < -0.3 is 4.90 Å². The topological polar surface area (TPSA) is 20.3 Å². The Morgan fingerprint density at radius 3 is 2.50 bits per heavy atom. The third kappa shape index (κ3) is 2.56. The van der Waals surface area contributed by atoms with Crippen LogP contribution in [0.4, 0.5) is 0 Å². The molecule has 1 fully saturated rings. The first kappa shape index (κ1) is 9.76. The summed E-state index contributed by atoms with van der Waals surface area (Å²) < 4.78 is 0. The number of amides is 1. The third-order valence-electron chi connectivity index (χ3n) is 1.63. The van der Waals surface area contributed by atoms with E-state index < -0.39 is 0 Å². The van der Waals surface area contributed by atoms with E-state index in [1.54, 1.807) is 0 Å². The summed E-state index contributed by atoms with van der Waals surface area (Å²) in [5.41, 5.74) is 0. The normalized spacial score (nSPS) is 15.7. The molecule has 1 amide bonds. The van der Waals surface area contributed by atoms with Crippen molar-refractivity contribution in [3.8, 4) is 0 Å². The molecular weight excluding hydrogens is 150 g/mol. The maximum absolute atomic E-state index is 10.3. The van der Waals surface area contributed by atoms with Crippen LogP contribution in [0.15, 0.2) is 0 Å². The fourth-order valence-electron chi connectivity index (χ4n) is 0.986. The molecule has 0 unspecified atom stereocenters. The van der Waals surface area contributed by atoms with Gasteiger partial charge in [-0.1, -0.05) is 6.92 Å².